The number of pyridine rings is 1. The highest BCUT2D eigenvalue weighted by Crippen LogP contribution is 2.33. The average Bonchev–Trinajstić information content (AvgIpc) is 2.33. The van der Waals surface area contributed by atoms with Crippen LogP contribution in [0.4, 0.5) is 23.8 Å². The highest BCUT2D eigenvalue weighted by Gasteiger charge is 2.33. The van der Waals surface area contributed by atoms with Crippen molar-refractivity contribution >= 4 is 11.8 Å². The van der Waals surface area contributed by atoms with Gasteiger partial charge < -0.3 is 15.5 Å². The van der Waals surface area contributed by atoms with Crippen LogP contribution in [0.5, 0.6) is 0 Å². The largest absolute Gasteiger partial charge is 0.419 e. The van der Waals surface area contributed by atoms with E-state index in [-0.39, 0.29) is 24.9 Å². The van der Waals surface area contributed by atoms with E-state index < -0.39 is 11.7 Å². The average molecular weight is 276 g/mol. The van der Waals surface area contributed by atoms with Gasteiger partial charge in [0.2, 0.25) is 0 Å². The molecule has 1 rings (SSSR count). The van der Waals surface area contributed by atoms with Gasteiger partial charge in [0, 0.05) is 33.4 Å². The fraction of sp³-hybridized carbons (Fsp3) is 0.455. The lowest BCUT2D eigenvalue weighted by Crippen LogP contribution is -2.37. The first-order chi connectivity index (χ1) is 8.82. The molecule has 0 fully saturated rings. The zero-order valence-electron chi connectivity index (χ0n) is 10.6. The van der Waals surface area contributed by atoms with Crippen molar-refractivity contribution in [1.82, 2.24) is 15.2 Å². The predicted molar refractivity (Wildman–Crippen MR) is 64.8 cm³/mol. The lowest BCUT2D eigenvalue weighted by Gasteiger charge is -2.14. The molecule has 0 aromatic carbocycles. The van der Waals surface area contributed by atoms with Crippen molar-refractivity contribution in [3.8, 4) is 0 Å². The predicted octanol–water partition coefficient (Wildman–Crippen LogP) is 1.78. The topological polar surface area (TPSA) is 57.3 Å². The van der Waals surface area contributed by atoms with Gasteiger partial charge in [0.25, 0.3) is 0 Å². The number of carbonyl (C=O) groups excluding carboxylic acids is 1. The zero-order valence-corrected chi connectivity index (χ0v) is 10.6. The van der Waals surface area contributed by atoms with E-state index in [0.717, 1.165) is 6.07 Å². The van der Waals surface area contributed by atoms with Gasteiger partial charge in [-0.05, 0) is 12.1 Å². The van der Waals surface area contributed by atoms with Gasteiger partial charge >= 0.3 is 12.2 Å². The molecule has 19 heavy (non-hydrogen) atoms. The Morgan fingerprint density at radius 3 is 2.63 bits per heavy atom. The van der Waals surface area contributed by atoms with Crippen molar-refractivity contribution in [3.05, 3.63) is 23.9 Å². The Morgan fingerprint density at radius 1 is 1.37 bits per heavy atom. The smallest absolute Gasteiger partial charge is 0.368 e. The van der Waals surface area contributed by atoms with Crippen LogP contribution in [-0.4, -0.2) is 43.1 Å². The molecule has 1 aromatic heterocycles. The molecule has 0 saturated heterocycles. The van der Waals surface area contributed by atoms with Gasteiger partial charge in [0.05, 0.1) is 5.56 Å². The first kappa shape index (κ1) is 15.1. The summed E-state index contributed by atoms with van der Waals surface area (Å²) in [5.41, 5.74) is -0.825. The normalized spacial score (nSPS) is 11.0. The lowest BCUT2D eigenvalue weighted by molar-refractivity contribution is -0.137. The molecule has 0 unspecified atom stereocenters. The molecule has 0 radical (unpaired) electrons. The van der Waals surface area contributed by atoms with Gasteiger partial charge in [0.1, 0.15) is 5.82 Å². The van der Waals surface area contributed by atoms with E-state index in [1.165, 1.54) is 17.2 Å². The van der Waals surface area contributed by atoms with Crippen molar-refractivity contribution in [2.75, 3.05) is 32.5 Å². The highest BCUT2D eigenvalue weighted by molar-refractivity contribution is 5.73. The summed E-state index contributed by atoms with van der Waals surface area (Å²) in [5, 5.41) is 5.08. The molecule has 2 N–H and O–H groups in total. The molecule has 0 spiro atoms. The maximum absolute atomic E-state index is 12.6. The summed E-state index contributed by atoms with van der Waals surface area (Å²) in [6.07, 6.45) is -3.18. The number of hydrogen-bond acceptors (Lipinski definition) is 3. The second-order valence-electron chi connectivity index (χ2n) is 3.95. The number of rotatable bonds is 4. The van der Waals surface area contributed by atoms with Crippen molar-refractivity contribution in [2.24, 2.45) is 0 Å². The van der Waals surface area contributed by atoms with Crippen molar-refractivity contribution in [2.45, 2.75) is 6.18 Å². The van der Waals surface area contributed by atoms with Crippen molar-refractivity contribution in [1.29, 1.82) is 0 Å². The first-order valence-electron chi connectivity index (χ1n) is 5.53. The summed E-state index contributed by atoms with van der Waals surface area (Å²) >= 11 is 0. The van der Waals surface area contributed by atoms with E-state index in [4.69, 9.17) is 0 Å². The van der Waals surface area contributed by atoms with Gasteiger partial charge in [-0.3, -0.25) is 0 Å². The van der Waals surface area contributed by atoms with Crippen LogP contribution in [0.3, 0.4) is 0 Å². The lowest BCUT2D eigenvalue weighted by atomic mass is 10.2. The minimum absolute atomic E-state index is 0.152. The summed E-state index contributed by atoms with van der Waals surface area (Å²) < 4.78 is 37.9. The van der Waals surface area contributed by atoms with E-state index >= 15 is 0 Å². The van der Waals surface area contributed by atoms with Crippen LogP contribution in [0.2, 0.25) is 0 Å². The Labute approximate surface area is 108 Å². The first-order valence-corrected chi connectivity index (χ1v) is 5.53. The third-order valence-corrected chi connectivity index (χ3v) is 2.21. The molecular weight excluding hydrogens is 261 g/mol. The Kier molecular flexibility index (Phi) is 4.96. The molecule has 8 heteroatoms. The summed E-state index contributed by atoms with van der Waals surface area (Å²) in [7, 11) is 3.15. The SMILES string of the molecule is CN(C)C(=O)NCCNc1ncccc1C(F)(F)F. The molecule has 106 valence electrons. The molecule has 0 bridgehead atoms. The van der Waals surface area contributed by atoms with Gasteiger partial charge in [-0.1, -0.05) is 0 Å². The summed E-state index contributed by atoms with van der Waals surface area (Å²) in [4.78, 5) is 16.1. The van der Waals surface area contributed by atoms with Gasteiger partial charge in [-0.15, -0.1) is 0 Å². The number of aromatic nitrogens is 1. The molecule has 0 saturated carbocycles. The Bertz CT molecular complexity index is 434. The van der Waals surface area contributed by atoms with Crippen LogP contribution in [0.15, 0.2) is 18.3 Å². The van der Waals surface area contributed by atoms with Crippen LogP contribution in [0, 0.1) is 0 Å². The van der Waals surface area contributed by atoms with Gasteiger partial charge in [0.15, 0.2) is 0 Å². The Hall–Kier alpha value is -1.99. The van der Waals surface area contributed by atoms with Gasteiger partial charge in [-0.25, -0.2) is 9.78 Å². The molecule has 0 atom stereocenters. The van der Waals surface area contributed by atoms with Crippen LogP contribution in [-0.2, 0) is 6.18 Å². The minimum atomic E-state index is -4.45. The third-order valence-electron chi connectivity index (χ3n) is 2.21. The zero-order chi connectivity index (χ0) is 14.5. The number of nitrogens with one attached hydrogen (secondary N) is 2. The number of nitrogens with zero attached hydrogens (tertiary/aromatic N) is 2. The standard InChI is InChI=1S/C11H15F3N4O/c1-18(2)10(19)17-7-6-16-9-8(11(12,13)14)4-3-5-15-9/h3-5H,6-7H2,1-2H3,(H,15,16)(H,17,19). The Morgan fingerprint density at radius 2 is 2.05 bits per heavy atom. The maximum Gasteiger partial charge on any atom is 0.419 e. The molecule has 1 aromatic rings. The third kappa shape index (κ3) is 4.65. The second-order valence-corrected chi connectivity index (χ2v) is 3.95. The number of anilines is 1. The number of alkyl halides is 3. The quantitative estimate of drug-likeness (QED) is 0.824. The molecular formula is C11H15F3N4O. The van der Waals surface area contributed by atoms with Crippen LogP contribution in [0.1, 0.15) is 5.56 Å². The molecule has 5 nitrogen and oxygen atoms in total. The van der Waals surface area contributed by atoms with Crippen LogP contribution < -0.4 is 10.6 Å². The molecule has 1 heterocycles. The van der Waals surface area contributed by atoms with Crippen molar-refractivity contribution < 1.29 is 18.0 Å². The maximum atomic E-state index is 12.6. The highest BCUT2D eigenvalue weighted by atomic mass is 19.4. The number of urea groups is 1. The fourth-order valence-electron chi connectivity index (χ4n) is 1.28. The van der Waals surface area contributed by atoms with Crippen molar-refractivity contribution in [3.63, 3.8) is 0 Å². The second kappa shape index (κ2) is 6.26. The van der Waals surface area contributed by atoms with Crippen LogP contribution >= 0.6 is 0 Å². The number of halogens is 3. The molecule has 0 aliphatic rings. The Balaban J connectivity index is 2.53. The molecule has 0 aliphatic heterocycles. The fourth-order valence-corrected chi connectivity index (χ4v) is 1.28. The number of hydrogen-bond donors (Lipinski definition) is 2. The van der Waals surface area contributed by atoms with E-state index in [2.05, 4.69) is 15.6 Å². The monoisotopic (exact) mass is 276 g/mol. The molecule has 0 aliphatic carbocycles. The molecule has 2 amide bonds. The summed E-state index contributed by atoms with van der Waals surface area (Å²) in [5.74, 6) is -0.242. The van der Waals surface area contributed by atoms with Gasteiger partial charge in [-0.2, -0.15) is 13.2 Å². The number of carbonyl (C=O) groups is 1. The minimum Gasteiger partial charge on any atom is -0.368 e. The van der Waals surface area contributed by atoms with E-state index in [1.807, 2.05) is 0 Å². The van der Waals surface area contributed by atoms with E-state index in [1.54, 1.807) is 14.1 Å². The summed E-state index contributed by atoms with van der Waals surface area (Å²) in [6, 6.07) is 1.87. The van der Waals surface area contributed by atoms with Crippen LogP contribution in [0.25, 0.3) is 0 Å². The summed E-state index contributed by atoms with van der Waals surface area (Å²) in [6.45, 7) is 0.352. The van der Waals surface area contributed by atoms with E-state index in [9.17, 15) is 18.0 Å². The van der Waals surface area contributed by atoms with E-state index in [0.29, 0.717) is 0 Å². The number of amides is 2.